The van der Waals surface area contributed by atoms with Crippen molar-refractivity contribution in [2.24, 2.45) is 0 Å². The fraction of sp³-hybridized carbons (Fsp3) is 0.333. The van der Waals surface area contributed by atoms with Gasteiger partial charge in [-0.2, -0.15) is 4.31 Å². The SMILES string of the molecule is CCOC(=O)c1ccc(NC(=O)c2cc(S(=O)(=O)N3CCOCC3)ccc2C)c(Cl)c1. The van der Waals surface area contributed by atoms with Crippen molar-refractivity contribution in [1.82, 2.24) is 4.31 Å². The first-order valence-corrected chi connectivity index (χ1v) is 11.5. The van der Waals surface area contributed by atoms with Crippen molar-refractivity contribution in [3.8, 4) is 0 Å². The predicted molar refractivity (Wildman–Crippen MR) is 116 cm³/mol. The number of benzene rings is 2. The van der Waals surface area contributed by atoms with Crippen LogP contribution in [0.1, 0.15) is 33.2 Å². The Morgan fingerprint density at radius 1 is 1.16 bits per heavy atom. The molecule has 1 fully saturated rings. The van der Waals surface area contributed by atoms with Crippen LogP contribution < -0.4 is 5.32 Å². The van der Waals surface area contributed by atoms with E-state index in [2.05, 4.69) is 5.32 Å². The van der Waals surface area contributed by atoms with Crippen molar-refractivity contribution in [1.29, 1.82) is 0 Å². The maximum absolute atomic E-state index is 12.9. The summed E-state index contributed by atoms with van der Waals surface area (Å²) in [7, 11) is -3.74. The van der Waals surface area contributed by atoms with Gasteiger partial charge in [0.25, 0.3) is 5.91 Å². The molecule has 0 saturated carbocycles. The van der Waals surface area contributed by atoms with Crippen LogP contribution in [0.4, 0.5) is 5.69 Å². The number of carbonyl (C=O) groups is 2. The van der Waals surface area contributed by atoms with Crippen LogP contribution in [0.15, 0.2) is 41.3 Å². The minimum Gasteiger partial charge on any atom is -0.462 e. The molecule has 1 N–H and O–H groups in total. The zero-order valence-corrected chi connectivity index (χ0v) is 18.8. The lowest BCUT2D eigenvalue weighted by molar-refractivity contribution is 0.0526. The predicted octanol–water partition coefficient (Wildman–Crippen LogP) is 3.10. The quantitative estimate of drug-likeness (QED) is 0.656. The lowest BCUT2D eigenvalue weighted by Gasteiger charge is -2.26. The molecule has 3 rings (SSSR count). The van der Waals surface area contributed by atoms with Crippen LogP contribution in [0.5, 0.6) is 0 Å². The van der Waals surface area contributed by atoms with Crippen molar-refractivity contribution < 1.29 is 27.5 Å². The van der Waals surface area contributed by atoms with Crippen molar-refractivity contribution in [2.45, 2.75) is 18.7 Å². The minimum absolute atomic E-state index is 0.0360. The molecule has 0 bridgehead atoms. The summed E-state index contributed by atoms with van der Waals surface area (Å²) >= 11 is 6.21. The number of hydrogen-bond acceptors (Lipinski definition) is 6. The first-order valence-electron chi connectivity index (χ1n) is 9.70. The van der Waals surface area contributed by atoms with Gasteiger partial charge < -0.3 is 14.8 Å². The van der Waals surface area contributed by atoms with Crippen LogP contribution in [0.3, 0.4) is 0 Å². The van der Waals surface area contributed by atoms with Gasteiger partial charge in [0.1, 0.15) is 0 Å². The lowest BCUT2D eigenvalue weighted by atomic mass is 10.1. The Labute approximate surface area is 186 Å². The Bertz CT molecular complexity index is 1100. The van der Waals surface area contributed by atoms with Crippen molar-refractivity contribution >= 4 is 39.2 Å². The maximum atomic E-state index is 12.9. The molecule has 1 saturated heterocycles. The molecule has 0 spiro atoms. The highest BCUT2D eigenvalue weighted by Gasteiger charge is 2.27. The summed E-state index contributed by atoms with van der Waals surface area (Å²) in [5, 5.41) is 2.83. The number of nitrogens with one attached hydrogen (secondary N) is 1. The number of rotatable bonds is 6. The molecule has 1 aliphatic rings. The third-order valence-electron chi connectivity index (χ3n) is 4.79. The first kappa shape index (κ1) is 23.2. The van der Waals surface area contributed by atoms with Gasteiger partial charge in [0.15, 0.2) is 0 Å². The van der Waals surface area contributed by atoms with E-state index in [1.165, 1.54) is 34.6 Å². The summed E-state index contributed by atoms with van der Waals surface area (Å²) in [5.41, 5.74) is 1.37. The van der Waals surface area contributed by atoms with Crippen LogP contribution >= 0.6 is 11.6 Å². The molecule has 2 aromatic rings. The number of nitrogens with zero attached hydrogens (tertiary/aromatic N) is 1. The van der Waals surface area contributed by atoms with Gasteiger partial charge in [-0.05, 0) is 49.7 Å². The first-order chi connectivity index (χ1) is 14.7. The van der Waals surface area contributed by atoms with Gasteiger partial charge in [0.2, 0.25) is 10.0 Å². The van der Waals surface area contributed by atoms with E-state index in [1.807, 2.05) is 0 Å². The van der Waals surface area contributed by atoms with Gasteiger partial charge in [-0.15, -0.1) is 0 Å². The standard InChI is InChI=1S/C21H23ClN2O6S/c1-3-30-21(26)15-5-7-19(18(22)12-15)23-20(25)17-13-16(6-4-14(17)2)31(27,28)24-8-10-29-11-9-24/h4-7,12-13H,3,8-11H2,1-2H3,(H,23,25). The van der Waals surface area contributed by atoms with E-state index in [-0.39, 0.29) is 40.7 Å². The van der Waals surface area contributed by atoms with Gasteiger partial charge in [0.05, 0.1) is 41.0 Å². The van der Waals surface area contributed by atoms with Crippen LogP contribution in [0.25, 0.3) is 0 Å². The Hall–Kier alpha value is -2.46. The number of anilines is 1. The number of carbonyl (C=O) groups excluding carboxylic acids is 2. The van der Waals surface area contributed by atoms with Gasteiger partial charge >= 0.3 is 5.97 Å². The molecule has 1 heterocycles. The average molecular weight is 467 g/mol. The number of sulfonamides is 1. The van der Waals surface area contributed by atoms with Crippen LogP contribution in [-0.4, -0.2) is 57.5 Å². The Balaban J connectivity index is 1.84. The normalized spacial score (nSPS) is 14.8. The topological polar surface area (TPSA) is 102 Å². The van der Waals surface area contributed by atoms with Crippen molar-refractivity contribution in [2.75, 3.05) is 38.2 Å². The number of amides is 1. The highest BCUT2D eigenvalue weighted by molar-refractivity contribution is 7.89. The molecule has 0 unspecified atom stereocenters. The Morgan fingerprint density at radius 3 is 2.52 bits per heavy atom. The molecule has 10 heteroatoms. The number of hydrogen-bond donors (Lipinski definition) is 1. The van der Waals surface area contributed by atoms with E-state index < -0.39 is 21.9 Å². The van der Waals surface area contributed by atoms with Gasteiger partial charge in [-0.25, -0.2) is 13.2 Å². The number of halogens is 1. The molecule has 1 aliphatic heterocycles. The Morgan fingerprint density at radius 2 is 1.87 bits per heavy atom. The van der Waals surface area contributed by atoms with Crippen molar-refractivity contribution in [3.63, 3.8) is 0 Å². The van der Waals surface area contributed by atoms with Crippen LogP contribution in [-0.2, 0) is 19.5 Å². The van der Waals surface area contributed by atoms with Crippen molar-refractivity contribution in [3.05, 3.63) is 58.1 Å². The summed E-state index contributed by atoms with van der Waals surface area (Å²) in [6.07, 6.45) is 0. The average Bonchev–Trinajstić information content (AvgIpc) is 2.76. The second-order valence-corrected chi connectivity index (χ2v) is 9.21. The van der Waals surface area contributed by atoms with E-state index in [4.69, 9.17) is 21.1 Å². The highest BCUT2D eigenvalue weighted by Crippen LogP contribution is 2.26. The van der Waals surface area contributed by atoms with Crippen LogP contribution in [0, 0.1) is 6.92 Å². The third-order valence-corrected chi connectivity index (χ3v) is 7.00. The number of ether oxygens (including phenoxy) is 2. The zero-order chi connectivity index (χ0) is 22.6. The van der Waals surface area contributed by atoms with Crippen LogP contribution in [0.2, 0.25) is 5.02 Å². The monoisotopic (exact) mass is 466 g/mol. The summed E-state index contributed by atoms with van der Waals surface area (Å²) in [5.74, 6) is -1.03. The number of esters is 1. The molecule has 1 amide bonds. The minimum atomic E-state index is -3.74. The molecule has 166 valence electrons. The fourth-order valence-corrected chi connectivity index (χ4v) is 4.75. The molecule has 0 aromatic heterocycles. The molecule has 2 aromatic carbocycles. The lowest BCUT2D eigenvalue weighted by Crippen LogP contribution is -2.40. The van der Waals surface area contributed by atoms with Gasteiger partial charge in [-0.1, -0.05) is 17.7 Å². The van der Waals surface area contributed by atoms with E-state index in [0.29, 0.717) is 24.5 Å². The zero-order valence-electron chi connectivity index (χ0n) is 17.2. The van der Waals surface area contributed by atoms with E-state index >= 15 is 0 Å². The van der Waals surface area contributed by atoms with Gasteiger partial charge in [-0.3, -0.25) is 4.79 Å². The largest absolute Gasteiger partial charge is 0.462 e. The number of morpholine rings is 1. The highest BCUT2D eigenvalue weighted by atomic mass is 35.5. The summed E-state index contributed by atoms with van der Waals surface area (Å²) in [6, 6.07) is 8.82. The second kappa shape index (κ2) is 9.78. The molecule has 31 heavy (non-hydrogen) atoms. The second-order valence-electron chi connectivity index (χ2n) is 6.86. The molecular formula is C21H23ClN2O6S. The number of aryl methyl sites for hydroxylation is 1. The molecule has 0 atom stereocenters. The van der Waals surface area contributed by atoms with E-state index in [0.717, 1.165) is 0 Å². The van der Waals surface area contributed by atoms with E-state index in [1.54, 1.807) is 19.9 Å². The summed E-state index contributed by atoms with van der Waals surface area (Å²) < 4.78 is 37.3. The molecule has 8 nitrogen and oxygen atoms in total. The molecule has 0 radical (unpaired) electrons. The van der Waals surface area contributed by atoms with Gasteiger partial charge in [0, 0.05) is 18.7 Å². The summed E-state index contributed by atoms with van der Waals surface area (Å²) in [4.78, 5) is 24.7. The van der Waals surface area contributed by atoms with E-state index in [9.17, 15) is 18.0 Å². The third kappa shape index (κ3) is 5.24. The Kier molecular flexibility index (Phi) is 7.32. The molecular weight excluding hydrogens is 444 g/mol. The fourth-order valence-electron chi connectivity index (χ4n) is 3.09. The smallest absolute Gasteiger partial charge is 0.338 e. The molecule has 0 aliphatic carbocycles. The maximum Gasteiger partial charge on any atom is 0.338 e. The summed E-state index contributed by atoms with van der Waals surface area (Å²) in [6.45, 7) is 4.84.